The van der Waals surface area contributed by atoms with Crippen molar-refractivity contribution in [1.82, 2.24) is 0 Å². The predicted octanol–water partition coefficient (Wildman–Crippen LogP) is 6.69. The Kier molecular flexibility index (Phi) is 22.0. The third kappa shape index (κ3) is 23.8. The molecule has 128 valence electrons. The number of halogens is 3. The van der Waals surface area contributed by atoms with Crippen LogP contribution in [0.3, 0.4) is 0 Å². The summed E-state index contributed by atoms with van der Waals surface area (Å²) in [7, 11) is 0. The molecule has 0 amide bonds. The van der Waals surface area contributed by atoms with Crippen molar-refractivity contribution < 1.29 is 0 Å². The van der Waals surface area contributed by atoms with Crippen molar-refractivity contribution in [2.75, 3.05) is 32.7 Å². The Morgan fingerprint density at radius 1 is 0.682 bits per heavy atom. The molecule has 0 aromatic carbocycles. The van der Waals surface area contributed by atoms with Crippen molar-refractivity contribution in [2.45, 2.75) is 38.5 Å². The van der Waals surface area contributed by atoms with Gasteiger partial charge in [0.2, 0.25) is 0 Å². The van der Waals surface area contributed by atoms with Gasteiger partial charge in [0.15, 0.2) is 0 Å². The molecule has 3 nitrogen and oxygen atoms in total. The molecular weight excluding hydrogens is 577 g/mol. The molecule has 0 spiro atoms. The number of nitrogens with zero attached hydrogens (tertiary/aromatic N) is 3. The molecule has 0 bridgehead atoms. The van der Waals surface area contributed by atoms with Gasteiger partial charge in [0.1, 0.15) is 0 Å². The van der Waals surface area contributed by atoms with Crippen molar-refractivity contribution in [3.05, 3.63) is 40.4 Å². The van der Waals surface area contributed by atoms with Gasteiger partial charge in [-0.2, -0.15) is 6.20 Å². The first kappa shape index (κ1) is 23.5. The summed E-state index contributed by atoms with van der Waals surface area (Å²) in [6.07, 6.45) is 15.9. The van der Waals surface area contributed by atoms with E-state index in [9.17, 15) is 0 Å². The molecule has 0 radical (unpaired) electrons. The average molecular weight is 603 g/mol. The molecule has 0 aromatic heterocycles. The van der Waals surface area contributed by atoms with Crippen LogP contribution in [0.15, 0.2) is 24.4 Å². The summed E-state index contributed by atoms with van der Waals surface area (Å²) in [6.45, 7) is 5.36. The van der Waals surface area contributed by atoms with Gasteiger partial charge in [-0.15, -0.1) is 38.8 Å². The first-order valence-electron chi connectivity index (χ1n) is 7.90. The van der Waals surface area contributed by atoms with E-state index in [4.69, 9.17) is 0 Å². The Hall–Kier alpha value is 1.51. The van der Waals surface area contributed by atoms with E-state index < -0.39 is 14.4 Å². The molecule has 0 saturated carbocycles. The number of hydrogen-bond acceptors (Lipinski definition) is 0. The normalized spacial score (nSPS) is 19.0. The van der Waals surface area contributed by atoms with Gasteiger partial charge in [0, 0.05) is 0 Å². The summed E-state index contributed by atoms with van der Waals surface area (Å²) in [5.74, 6) is 0. The fourth-order valence-electron chi connectivity index (χ4n) is 1.84. The summed E-state index contributed by atoms with van der Waals surface area (Å²) in [5.41, 5.74) is 0. The first-order chi connectivity index (χ1) is 10.7. The van der Waals surface area contributed by atoms with Crippen LogP contribution in [0.4, 0.5) is 0 Å². The van der Waals surface area contributed by atoms with Gasteiger partial charge in [0.05, 0.1) is 0 Å². The summed E-state index contributed by atoms with van der Waals surface area (Å²) < 4.78 is 0. The summed E-state index contributed by atoms with van der Waals surface area (Å²) >= 11 is 8.74. The minimum atomic E-state index is -1.20. The van der Waals surface area contributed by atoms with Crippen LogP contribution in [-0.2, 0) is 0 Å². The van der Waals surface area contributed by atoms with Gasteiger partial charge in [-0.1, -0.05) is 50.7 Å². The van der Waals surface area contributed by atoms with Gasteiger partial charge in [-0.05, 0) is 0 Å². The third-order valence-corrected chi connectivity index (χ3v) is 2.91. The second-order valence-electron chi connectivity index (χ2n) is 4.85. The van der Waals surface area contributed by atoms with E-state index in [0.717, 1.165) is 32.7 Å². The fraction of sp³-hybridized carbons (Fsp3) is 0.733. The van der Waals surface area contributed by atoms with Gasteiger partial charge in [-0.3, -0.25) is 0 Å². The van der Waals surface area contributed by atoms with E-state index in [2.05, 4.69) is 52.8 Å². The van der Waals surface area contributed by atoms with Gasteiger partial charge < -0.3 is 16.0 Å². The summed E-state index contributed by atoms with van der Waals surface area (Å²) in [6, 6.07) is 0. The predicted molar refractivity (Wildman–Crippen MR) is 113 cm³/mol. The molecule has 3 rings (SSSR count). The molecule has 22 heavy (non-hydrogen) atoms. The quantitative estimate of drug-likeness (QED) is 0.297. The van der Waals surface area contributed by atoms with E-state index in [1.165, 1.54) is 38.5 Å². The van der Waals surface area contributed by atoms with E-state index in [0.29, 0.717) is 0 Å². The van der Waals surface area contributed by atoms with Crippen LogP contribution in [0.25, 0.3) is 16.0 Å². The second kappa shape index (κ2) is 20.6. The van der Waals surface area contributed by atoms with Crippen LogP contribution in [0.2, 0.25) is 0 Å². The molecule has 0 N–H and O–H groups in total. The molecule has 0 aromatic rings. The van der Waals surface area contributed by atoms with Crippen molar-refractivity contribution in [1.29, 1.82) is 0 Å². The average Bonchev–Trinajstić information content (AvgIpc) is 2.60. The molecule has 0 unspecified atom stereocenters. The maximum atomic E-state index is 4.18. The van der Waals surface area contributed by atoms with E-state index >= 15 is 0 Å². The van der Waals surface area contributed by atoms with Crippen molar-refractivity contribution >= 4 is 51.3 Å². The van der Waals surface area contributed by atoms with E-state index in [1.807, 2.05) is 18.2 Å². The molecule has 2 fully saturated rings. The third-order valence-electron chi connectivity index (χ3n) is 2.91. The standard InChI is InChI=1S/2C5H10N.C5H6N.3BrH.In/c3*1-2-4-6-5-3-1;;;;/h2*1-5H2;1-4H,5H2;3*1H;/q3*-1;;;;+3/p-3. The fourth-order valence-corrected chi connectivity index (χ4v) is 1.84. The van der Waals surface area contributed by atoms with Crippen molar-refractivity contribution in [2.24, 2.45) is 0 Å². The Morgan fingerprint density at radius 2 is 1.14 bits per heavy atom. The SMILES string of the molecule is C1=CC[N-]C=C1.C1CC[N-]CC1.C1CC[N-]CC1.[Br][In]([Br])[Br]. The molecule has 3 aliphatic rings. The topological polar surface area (TPSA) is 42.3 Å². The van der Waals surface area contributed by atoms with Crippen LogP contribution in [0.1, 0.15) is 38.5 Å². The van der Waals surface area contributed by atoms with E-state index in [1.54, 1.807) is 6.20 Å². The first-order valence-corrected chi connectivity index (χ1v) is 30.1. The number of allylic oxidation sites excluding steroid dienone is 2. The number of hydrogen-bond donors (Lipinski definition) is 0. The van der Waals surface area contributed by atoms with Crippen molar-refractivity contribution in [3.63, 3.8) is 0 Å². The van der Waals surface area contributed by atoms with Gasteiger partial charge in [0.25, 0.3) is 0 Å². The van der Waals surface area contributed by atoms with Crippen LogP contribution in [0.5, 0.6) is 0 Å². The molecule has 3 aliphatic heterocycles. The van der Waals surface area contributed by atoms with Gasteiger partial charge >= 0.3 is 51.3 Å². The molecule has 0 atom stereocenters. The summed E-state index contributed by atoms with van der Waals surface area (Å²) in [5, 5.41) is 12.3. The zero-order valence-corrected chi connectivity index (χ0v) is 21.2. The van der Waals surface area contributed by atoms with Gasteiger partial charge in [-0.25, -0.2) is 0 Å². The van der Waals surface area contributed by atoms with Crippen LogP contribution >= 0.6 is 36.9 Å². The molecule has 0 aliphatic carbocycles. The molecular formula is C15H26Br3InN3-3. The maximum absolute atomic E-state index is 4.18. The minimum absolute atomic E-state index is 0.858. The zero-order valence-electron chi connectivity index (χ0n) is 13.1. The monoisotopic (exact) mass is 600 g/mol. The number of piperidine rings is 2. The summed E-state index contributed by atoms with van der Waals surface area (Å²) in [4.78, 5) is 0. The Morgan fingerprint density at radius 3 is 1.23 bits per heavy atom. The van der Waals surface area contributed by atoms with Crippen LogP contribution < -0.4 is 0 Å². The molecule has 7 heteroatoms. The van der Waals surface area contributed by atoms with Crippen LogP contribution in [0, 0.1) is 0 Å². The number of rotatable bonds is 0. The Balaban J connectivity index is 0.000000271. The van der Waals surface area contributed by atoms with Crippen LogP contribution in [-0.4, -0.2) is 47.2 Å². The Labute approximate surface area is 161 Å². The molecule has 2 saturated heterocycles. The Bertz CT molecular complexity index is 219. The second-order valence-corrected chi connectivity index (χ2v) is 49.4. The molecule has 3 heterocycles. The van der Waals surface area contributed by atoms with Crippen molar-refractivity contribution in [3.8, 4) is 0 Å². The zero-order chi connectivity index (χ0) is 16.3. The van der Waals surface area contributed by atoms with E-state index in [-0.39, 0.29) is 0 Å².